The smallest absolute Gasteiger partial charge is 0.338 e. The highest BCUT2D eigenvalue weighted by molar-refractivity contribution is 7.07. The number of para-hydroxylation sites is 1. The van der Waals surface area contributed by atoms with Crippen LogP contribution in [0.25, 0.3) is 17.0 Å². The molecule has 0 aliphatic carbocycles. The number of rotatable bonds is 4. The van der Waals surface area contributed by atoms with Gasteiger partial charge in [-0.2, -0.15) is 0 Å². The van der Waals surface area contributed by atoms with Crippen molar-refractivity contribution in [2.75, 3.05) is 7.11 Å². The number of thiazole rings is 1. The highest BCUT2D eigenvalue weighted by atomic mass is 32.1. The summed E-state index contributed by atoms with van der Waals surface area (Å²) in [6.45, 7) is 6.05. The predicted octanol–water partition coefficient (Wildman–Crippen LogP) is 4.01. The van der Waals surface area contributed by atoms with E-state index in [0.717, 1.165) is 22.0 Å². The third-order valence-electron chi connectivity index (χ3n) is 6.25. The highest BCUT2D eigenvalue weighted by Crippen LogP contribution is 2.31. The molecule has 0 fully saturated rings. The summed E-state index contributed by atoms with van der Waals surface area (Å²) in [4.78, 5) is 34.9. The average molecular weight is 472 g/mol. The molecule has 0 saturated heterocycles. The number of methoxy groups -OCH3 is 1. The second-order valence-corrected chi connectivity index (χ2v) is 9.69. The maximum Gasteiger partial charge on any atom is 0.338 e. The summed E-state index contributed by atoms with van der Waals surface area (Å²) < 4.78 is 7.27. The molecule has 34 heavy (non-hydrogen) atoms. The number of esters is 1. The third-order valence-corrected chi connectivity index (χ3v) is 7.24. The number of carbonyl (C=O) groups excluding carboxylic acids is 1. The molecule has 6 nitrogen and oxygen atoms in total. The minimum atomic E-state index is -0.602. The Morgan fingerprint density at radius 1 is 1.18 bits per heavy atom. The van der Waals surface area contributed by atoms with Crippen LogP contribution >= 0.6 is 11.3 Å². The number of aromatic nitrogens is 2. The molecule has 4 aromatic rings. The molecule has 5 rings (SSSR count). The molecule has 3 heterocycles. The van der Waals surface area contributed by atoms with Gasteiger partial charge in [0.1, 0.15) is 0 Å². The van der Waals surface area contributed by atoms with Gasteiger partial charge in [-0.25, -0.2) is 9.79 Å². The fourth-order valence-electron chi connectivity index (χ4n) is 4.43. The lowest BCUT2D eigenvalue weighted by Crippen LogP contribution is -2.39. The van der Waals surface area contributed by atoms with Crippen molar-refractivity contribution in [3.63, 3.8) is 0 Å². The third kappa shape index (κ3) is 3.62. The molecule has 2 aromatic heterocycles. The van der Waals surface area contributed by atoms with Crippen molar-refractivity contribution in [3.05, 3.63) is 102 Å². The summed E-state index contributed by atoms with van der Waals surface area (Å²) in [5.74, 6) is -0.102. The fourth-order valence-corrected chi connectivity index (χ4v) is 5.46. The van der Waals surface area contributed by atoms with Crippen LogP contribution in [0.2, 0.25) is 0 Å². The number of H-pyrrole nitrogens is 1. The number of nitrogens with one attached hydrogen (secondary N) is 1. The first-order chi connectivity index (χ1) is 16.4. The molecule has 1 atom stereocenters. The Hall–Kier alpha value is -3.71. The van der Waals surface area contributed by atoms with Crippen LogP contribution in [0.4, 0.5) is 0 Å². The van der Waals surface area contributed by atoms with Gasteiger partial charge in [0.25, 0.3) is 5.56 Å². The zero-order valence-electron chi connectivity index (χ0n) is 19.5. The molecule has 2 aromatic carbocycles. The molecule has 0 radical (unpaired) electrons. The van der Waals surface area contributed by atoms with Crippen molar-refractivity contribution >= 4 is 34.3 Å². The number of nitrogens with zero attached hydrogens (tertiary/aromatic N) is 2. The maximum atomic E-state index is 13.7. The van der Waals surface area contributed by atoms with E-state index in [1.807, 2.05) is 60.8 Å². The van der Waals surface area contributed by atoms with Gasteiger partial charge in [-0.1, -0.05) is 67.6 Å². The molecule has 0 bridgehead atoms. The Morgan fingerprint density at radius 3 is 2.62 bits per heavy atom. The van der Waals surface area contributed by atoms with E-state index in [-0.39, 0.29) is 5.56 Å². The second kappa shape index (κ2) is 8.57. The van der Waals surface area contributed by atoms with Crippen molar-refractivity contribution in [2.24, 2.45) is 4.99 Å². The van der Waals surface area contributed by atoms with Crippen molar-refractivity contribution in [1.82, 2.24) is 9.55 Å². The first kappa shape index (κ1) is 22.1. The van der Waals surface area contributed by atoms with E-state index in [2.05, 4.69) is 23.8 Å². The van der Waals surface area contributed by atoms with Crippen molar-refractivity contribution in [1.29, 1.82) is 0 Å². The van der Waals surface area contributed by atoms with E-state index in [9.17, 15) is 9.59 Å². The van der Waals surface area contributed by atoms with Crippen LogP contribution in [0, 0.1) is 0 Å². The maximum absolute atomic E-state index is 13.7. The molecule has 1 aliphatic heterocycles. The van der Waals surface area contributed by atoms with E-state index >= 15 is 0 Å². The normalized spacial score (nSPS) is 16.1. The molecule has 7 heteroatoms. The summed E-state index contributed by atoms with van der Waals surface area (Å²) in [5, 5.41) is 1.04. The molecule has 1 aliphatic rings. The number of hydrogen-bond acceptors (Lipinski definition) is 5. The molecule has 1 N–H and O–H groups in total. The first-order valence-corrected chi connectivity index (χ1v) is 12.0. The van der Waals surface area contributed by atoms with Crippen LogP contribution in [-0.4, -0.2) is 22.6 Å². The van der Waals surface area contributed by atoms with Gasteiger partial charge in [0.05, 0.1) is 29.0 Å². The lowest BCUT2D eigenvalue weighted by Gasteiger charge is -2.24. The molecule has 1 unspecified atom stereocenters. The number of fused-ring (bicyclic) bond motifs is 2. The Balaban J connectivity index is 1.73. The van der Waals surface area contributed by atoms with Crippen LogP contribution in [0.5, 0.6) is 0 Å². The molecule has 172 valence electrons. The van der Waals surface area contributed by atoms with Crippen molar-refractivity contribution in [2.45, 2.75) is 32.7 Å². The lowest BCUT2D eigenvalue weighted by molar-refractivity contribution is -0.136. The minimum Gasteiger partial charge on any atom is -0.466 e. The van der Waals surface area contributed by atoms with Gasteiger partial charge in [-0.15, -0.1) is 0 Å². The van der Waals surface area contributed by atoms with Gasteiger partial charge < -0.3 is 9.72 Å². The quantitative estimate of drug-likeness (QED) is 0.457. The topological polar surface area (TPSA) is 76.4 Å². The van der Waals surface area contributed by atoms with Gasteiger partial charge in [0.15, 0.2) is 4.80 Å². The van der Waals surface area contributed by atoms with Gasteiger partial charge in [-0.05, 0) is 36.1 Å². The molecule has 0 saturated carbocycles. The van der Waals surface area contributed by atoms with Crippen LogP contribution in [-0.2, 0) is 9.53 Å². The zero-order valence-corrected chi connectivity index (χ0v) is 20.3. The highest BCUT2D eigenvalue weighted by Gasteiger charge is 2.33. The fraction of sp³-hybridized carbons (Fsp3) is 0.222. The second-order valence-electron chi connectivity index (χ2n) is 8.68. The molecule has 0 spiro atoms. The summed E-state index contributed by atoms with van der Waals surface area (Å²) in [7, 11) is 1.35. The number of benzene rings is 2. The summed E-state index contributed by atoms with van der Waals surface area (Å²) in [6, 6.07) is 15.4. The first-order valence-electron chi connectivity index (χ1n) is 11.2. The Morgan fingerprint density at radius 2 is 1.91 bits per heavy atom. The molecule has 0 amide bonds. The lowest BCUT2D eigenvalue weighted by atomic mass is 9.93. The summed E-state index contributed by atoms with van der Waals surface area (Å²) in [5.41, 5.74) is 4.74. The average Bonchev–Trinajstić information content (AvgIpc) is 3.38. The Labute approximate surface area is 200 Å². The number of aromatic amines is 1. The number of allylic oxidation sites excluding steroid dienone is 1. The van der Waals surface area contributed by atoms with Crippen LogP contribution < -0.4 is 14.9 Å². The van der Waals surface area contributed by atoms with Crippen molar-refractivity contribution < 1.29 is 9.53 Å². The van der Waals surface area contributed by atoms with Crippen LogP contribution in [0.15, 0.2) is 75.8 Å². The SMILES string of the molecule is COC(=O)C1=C(C)N=c2sc(=Cc3c[nH]c4ccccc34)c(=O)n2C1c1ccc(C(C)C)cc1. The van der Waals surface area contributed by atoms with E-state index in [4.69, 9.17) is 4.74 Å². The minimum absolute atomic E-state index is 0.180. The summed E-state index contributed by atoms with van der Waals surface area (Å²) >= 11 is 1.33. The predicted molar refractivity (Wildman–Crippen MR) is 135 cm³/mol. The monoisotopic (exact) mass is 471 g/mol. The van der Waals surface area contributed by atoms with Gasteiger partial charge >= 0.3 is 5.97 Å². The standard InChI is InChI=1S/C27H25N3O3S/c1-15(2)17-9-11-18(12-10-17)24-23(26(32)33-4)16(3)29-27-30(24)25(31)22(34-27)13-19-14-28-21-8-6-5-7-20(19)21/h5-15,24,28H,1-4H3. The van der Waals surface area contributed by atoms with Crippen LogP contribution in [0.1, 0.15) is 49.4 Å². The molecular formula is C27H25N3O3S. The Kier molecular flexibility index (Phi) is 5.57. The van der Waals surface area contributed by atoms with E-state index in [0.29, 0.717) is 26.5 Å². The number of ether oxygens (including phenoxy) is 1. The van der Waals surface area contributed by atoms with Gasteiger partial charge in [0.2, 0.25) is 0 Å². The van der Waals surface area contributed by atoms with E-state index in [1.165, 1.54) is 24.0 Å². The van der Waals surface area contributed by atoms with E-state index in [1.54, 1.807) is 11.5 Å². The Bertz CT molecular complexity index is 1620. The van der Waals surface area contributed by atoms with Crippen LogP contribution in [0.3, 0.4) is 0 Å². The van der Waals surface area contributed by atoms with Crippen molar-refractivity contribution in [3.8, 4) is 0 Å². The van der Waals surface area contributed by atoms with Gasteiger partial charge in [0, 0.05) is 22.7 Å². The summed E-state index contributed by atoms with van der Waals surface area (Å²) in [6.07, 6.45) is 3.79. The van der Waals surface area contributed by atoms with Gasteiger partial charge in [-0.3, -0.25) is 9.36 Å². The number of hydrogen-bond donors (Lipinski definition) is 1. The van der Waals surface area contributed by atoms with E-state index < -0.39 is 12.0 Å². The number of carbonyl (C=O) groups is 1. The largest absolute Gasteiger partial charge is 0.466 e. The molecular weight excluding hydrogens is 446 g/mol. The zero-order chi connectivity index (χ0) is 24.0.